The smallest absolute Gasteiger partial charge is 0.252 e. The fourth-order valence-electron chi connectivity index (χ4n) is 1.23. The molecule has 0 aliphatic rings. The molecule has 0 aliphatic heterocycles. The molecule has 0 saturated heterocycles. The van der Waals surface area contributed by atoms with Crippen LogP contribution in [0.3, 0.4) is 0 Å². The maximum atomic E-state index is 11.6. The molecule has 2 N–H and O–H groups in total. The average Bonchev–Trinajstić information content (AvgIpc) is 2.45. The fraction of sp³-hybridized carbons (Fsp3) is 0.500. The number of hydrogen-bond donors (Lipinski definition) is 2. The number of nitrogens with one attached hydrogen (secondary N) is 1. The van der Waals surface area contributed by atoms with E-state index in [1.165, 1.54) is 0 Å². The normalized spacial score (nSPS) is 10.2. The third-order valence-corrected chi connectivity index (χ3v) is 2.87. The van der Waals surface area contributed by atoms with Gasteiger partial charge in [-0.05, 0) is 26.3 Å². The van der Waals surface area contributed by atoms with E-state index in [-0.39, 0.29) is 12.5 Å². The number of amides is 1. The Bertz CT molecular complexity index is 320. The van der Waals surface area contributed by atoms with Crippen molar-refractivity contribution < 1.29 is 9.90 Å². The highest BCUT2D eigenvalue weighted by atomic mass is 32.1. The van der Waals surface area contributed by atoms with Crippen LogP contribution in [-0.4, -0.2) is 24.2 Å². The zero-order valence-electron chi connectivity index (χ0n) is 8.46. The Balaban J connectivity index is 2.56. The average molecular weight is 213 g/mol. The summed E-state index contributed by atoms with van der Waals surface area (Å²) in [7, 11) is 0. The van der Waals surface area contributed by atoms with E-state index in [0.717, 1.165) is 15.3 Å². The van der Waals surface area contributed by atoms with Crippen molar-refractivity contribution in [1.82, 2.24) is 5.32 Å². The van der Waals surface area contributed by atoms with Gasteiger partial charge >= 0.3 is 0 Å². The van der Waals surface area contributed by atoms with E-state index in [1.54, 1.807) is 11.3 Å². The van der Waals surface area contributed by atoms with Crippen LogP contribution in [0.25, 0.3) is 0 Å². The Hall–Kier alpha value is -0.870. The molecule has 0 aromatic carbocycles. The second-order valence-corrected chi connectivity index (χ2v) is 4.62. The summed E-state index contributed by atoms with van der Waals surface area (Å²) in [6.07, 6.45) is 0.605. The van der Waals surface area contributed by atoms with Crippen LogP contribution in [0.5, 0.6) is 0 Å². The van der Waals surface area contributed by atoms with Gasteiger partial charge in [0.2, 0.25) is 0 Å². The van der Waals surface area contributed by atoms with Crippen LogP contribution in [0.4, 0.5) is 0 Å². The van der Waals surface area contributed by atoms with Crippen LogP contribution in [0.1, 0.15) is 26.5 Å². The molecule has 0 spiro atoms. The van der Waals surface area contributed by atoms with E-state index < -0.39 is 0 Å². The van der Waals surface area contributed by atoms with Crippen molar-refractivity contribution in [3.8, 4) is 0 Å². The fourth-order valence-corrected chi connectivity index (χ4v) is 2.15. The van der Waals surface area contributed by atoms with Crippen molar-refractivity contribution >= 4 is 17.2 Å². The van der Waals surface area contributed by atoms with E-state index in [9.17, 15) is 4.79 Å². The van der Waals surface area contributed by atoms with Crippen LogP contribution in [0.15, 0.2) is 6.07 Å². The first-order chi connectivity index (χ1) is 6.65. The Morgan fingerprint density at radius 2 is 2.29 bits per heavy atom. The Morgan fingerprint density at radius 3 is 2.79 bits per heavy atom. The first kappa shape index (κ1) is 11.2. The summed E-state index contributed by atoms with van der Waals surface area (Å²) in [5, 5.41) is 11.3. The summed E-state index contributed by atoms with van der Waals surface area (Å²) in [5.74, 6) is -0.0414. The first-order valence-electron chi connectivity index (χ1n) is 4.61. The number of thiophene rings is 1. The summed E-state index contributed by atoms with van der Waals surface area (Å²) in [5.41, 5.74) is 0.755. The molecule has 0 atom stereocenters. The van der Waals surface area contributed by atoms with Crippen LogP contribution < -0.4 is 5.32 Å². The third-order valence-electron chi connectivity index (χ3n) is 1.91. The number of carbonyl (C=O) groups excluding carboxylic acids is 1. The van der Waals surface area contributed by atoms with Crippen molar-refractivity contribution in [2.24, 2.45) is 0 Å². The summed E-state index contributed by atoms with van der Waals surface area (Å²) in [4.78, 5) is 13.8. The molecule has 0 fully saturated rings. The Kier molecular flexibility index (Phi) is 4.10. The van der Waals surface area contributed by atoms with Gasteiger partial charge in [-0.2, -0.15) is 0 Å². The molecule has 0 aliphatic carbocycles. The monoisotopic (exact) mass is 213 g/mol. The van der Waals surface area contributed by atoms with Crippen LogP contribution >= 0.6 is 11.3 Å². The molecule has 4 heteroatoms. The lowest BCUT2D eigenvalue weighted by Gasteiger charge is -2.02. The summed E-state index contributed by atoms with van der Waals surface area (Å²) < 4.78 is 0. The highest BCUT2D eigenvalue weighted by Gasteiger charge is 2.10. The van der Waals surface area contributed by atoms with E-state index in [4.69, 9.17) is 5.11 Å². The minimum Gasteiger partial charge on any atom is -0.396 e. The number of aliphatic hydroxyl groups excluding tert-OH is 1. The van der Waals surface area contributed by atoms with E-state index in [1.807, 2.05) is 19.9 Å². The van der Waals surface area contributed by atoms with Gasteiger partial charge < -0.3 is 10.4 Å². The topological polar surface area (TPSA) is 49.3 Å². The highest BCUT2D eigenvalue weighted by Crippen LogP contribution is 2.20. The standard InChI is InChI=1S/C10H15NO2S/c1-7-6-9(8(2)14-7)10(13)11-4-3-5-12/h6,12H,3-5H2,1-2H3,(H,11,13). The van der Waals surface area contributed by atoms with Crippen molar-refractivity contribution in [1.29, 1.82) is 0 Å². The predicted molar refractivity (Wildman–Crippen MR) is 57.8 cm³/mol. The second kappa shape index (κ2) is 5.12. The van der Waals surface area contributed by atoms with Crippen molar-refractivity contribution in [3.05, 3.63) is 21.4 Å². The minimum atomic E-state index is -0.0414. The molecular weight excluding hydrogens is 198 g/mol. The largest absolute Gasteiger partial charge is 0.396 e. The minimum absolute atomic E-state index is 0.0414. The summed E-state index contributed by atoms with van der Waals surface area (Å²) in [6.45, 7) is 4.58. The van der Waals surface area contributed by atoms with Gasteiger partial charge in [-0.1, -0.05) is 0 Å². The zero-order valence-corrected chi connectivity index (χ0v) is 9.28. The van der Waals surface area contributed by atoms with Crippen LogP contribution in [-0.2, 0) is 0 Å². The van der Waals surface area contributed by atoms with E-state index >= 15 is 0 Å². The molecular formula is C10H15NO2S. The van der Waals surface area contributed by atoms with Gasteiger partial charge in [-0.25, -0.2) is 0 Å². The molecule has 0 radical (unpaired) electrons. The van der Waals surface area contributed by atoms with Gasteiger partial charge in [0.1, 0.15) is 0 Å². The maximum Gasteiger partial charge on any atom is 0.252 e. The number of carbonyl (C=O) groups is 1. The van der Waals surface area contributed by atoms with Gasteiger partial charge in [0.25, 0.3) is 5.91 Å². The SMILES string of the molecule is Cc1cc(C(=O)NCCCO)c(C)s1. The molecule has 78 valence electrons. The third kappa shape index (κ3) is 2.82. The summed E-state index contributed by atoms with van der Waals surface area (Å²) in [6, 6.07) is 1.90. The zero-order chi connectivity index (χ0) is 10.6. The summed E-state index contributed by atoms with van der Waals surface area (Å²) >= 11 is 1.63. The number of aliphatic hydroxyl groups is 1. The van der Waals surface area contributed by atoms with Crippen LogP contribution in [0.2, 0.25) is 0 Å². The van der Waals surface area contributed by atoms with E-state index in [2.05, 4.69) is 5.32 Å². The number of hydrogen-bond acceptors (Lipinski definition) is 3. The molecule has 1 amide bonds. The number of aryl methyl sites for hydroxylation is 2. The lowest BCUT2D eigenvalue weighted by Crippen LogP contribution is -2.25. The van der Waals surface area contributed by atoms with Crippen molar-refractivity contribution in [3.63, 3.8) is 0 Å². The molecule has 0 saturated carbocycles. The van der Waals surface area contributed by atoms with Gasteiger partial charge in [0.05, 0.1) is 5.56 Å². The van der Waals surface area contributed by atoms with Gasteiger partial charge in [0.15, 0.2) is 0 Å². The molecule has 14 heavy (non-hydrogen) atoms. The molecule has 0 bridgehead atoms. The molecule has 3 nitrogen and oxygen atoms in total. The highest BCUT2D eigenvalue weighted by molar-refractivity contribution is 7.12. The molecule has 1 aromatic rings. The van der Waals surface area contributed by atoms with Crippen molar-refractivity contribution in [2.75, 3.05) is 13.2 Å². The molecule has 1 heterocycles. The first-order valence-corrected chi connectivity index (χ1v) is 5.43. The second-order valence-electron chi connectivity index (χ2n) is 3.16. The lowest BCUT2D eigenvalue weighted by atomic mass is 10.2. The maximum absolute atomic E-state index is 11.6. The predicted octanol–water partition coefficient (Wildman–Crippen LogP) is 1.48. The molecule has 1 rings (SSSR count). The molecule has 0 unspecified atom stereocenters. The molecule has 1 aromatic heterocycles. The number of rotatable bonds is 4. The van der Waals surface area contributed by atoms with Crippen molar-refractivity contribution in [2.45, 2.75) is 20.3 Å². The van der Waals surface area contributed by atoms with Crippen LogP contribution in [0, 0.1) is 13.8 Å². The Morgan fingerprint density at radius 1 is 1.57 bits per heavy atom. The lowest BCUT2D eigenvalue weighted by molar-refractivity contribution is 0.0951. The van der Waals surface area contributed by atoms with Gasteiger partial charge in [-0.3, -0.25) is 4.79 Å². The van der Waals surface area contributed by atoms with Gasteiger partial charge in [0, 0.05) is 22.9 Å². The quantitative estimate of drug-likeness (QED) is 0.744. The van der Waals surface area contributed by atoms with Gasteiger partial charge in [-0.15, -0.1) is 11.3 Å². The van der Waals surface area contributed by atoms with E-state index in [0.29, 0.717) is 13.0 Å². The Labute approximate surface area is 87.8 Å².